The summed E-state index contributed by atoms with van der Waals surface area (Å²) in [7, 11) is 1.99. The van der Waals surface area contributed by atoms with Gasteiger partial charge in [-0.15, -0.1) is 23.2 Å². The molecule has 1 aliphatic carbocycles. The molecule has 0 radical (unpaired) electrons. The Morgan fingerprint density at radius 1 is 1.21 bits per heavy atom. The second kappa shape index (κ2) is 10.4. The minimum absolute atomic E-state index is 0.547. The second-order valence-corrected chi connectivity index (χ2v) is 7.48. The summed E-state index contributed by atoms with van der Waals surface area (Å²) in [6, 6.07) is 6.21. The van der Waals surface area contributed by atoms with Crippen molar-refractivity contribution in [3.63, 3.8) is 0 Å². The van der Waals surface area contributed by atoms with Crippen LogP contribution in [0.3, 0.4) is 0 Å². The molecule has 0 bridgehead atoms. The number of rotatable bonds is 9. The lowest BCUT2D eigenvalue weighted by Gasteiger charge is -2.22. The Morgan fingerprint density at radius 3 is 2.66 bits per heavy atom. The van der Waals surface area contributed by atoms with Crippen LogP contribution in [0.15, 0.2) is 58.8 Å². The van der Waals surface area contributed by atoms with E-state index >= 15 is 0 Å². The molecule has 0 amide bonds. The fraction of sp³-hybridized carbons (Fsp3) is 0.318. The first-order valence-electron chi connectivity index (χ1n) is 9.55. The molecular formula is C22H24Cl2N4O. The maximum Gasteiger partial charge on any atom is 0.152 e. The van der Waals surface area contributed by atoms with Crippen LogP contribution in [0.1, 0.15) is 18.7 Å². The number of halogens is 2. The van der Waals surface area contributed by atoms with E-state index in [0.29, 0.717) is 11.8 Å². The highest BCUT2D eigenvalue weighted by Gasteiger charge is 2.11. The Bertz CT molecular complexity index is 982. The van der Waals surface area contributed by atoms with Gasteiger partial charge in [-0.2, -0.15) is 0 Å². The lowest BCUT2D eigenvalue weighted by Crippen LogP contribution is -2.27. The van der Waals surface area contributed by atoms with Crippen LogP contribution in [0.2, 0.25) is 0 Å². The van der Waals surface area contributed by atoms with E-state index in [0.717, 1.165) is 66.0 Å². The van der Waals surface area contributed by atoms with E-state index in [1.165, 1.54) is 6.08 Å². The molecule has 152 valence electrons. The number of imidazole rings is 1. The Balaban J connectivity index is 1.81. The van der Waals surface area contributed by atoms with Crippen LogP contribution >= 0.6 is 23.2 Å². The van der Waals surface area contributed by atoms with Gasteiger partial charge in [0.25, 0.3) is 0 Å². The van der Waals surface area contributed by atoms with Crippen LogP contribution in [0, 0.1) is 0 Å². The van der Waals surface area contributed by atoms with E-state index in [-0.39, 0.29) is 0 Å². The monoisotopic (exact) mass is 430 g/mol. The number of alkyl halides is 2. The van der Waals surface area contributed by atoms with E-state index in [2.05, 4.69) is 28.1 Å². The van der Waals surface area contributed by atoms with Gasteiger partial charge in [-0.1, -0.05) is 12.2 Å². The number of hydrogen-bond donors (Lipinski definition) is 0. The third-order valence-corrected chi connectivity index (χ3v) is 5.21. The number of carbonyl (C=O) groups excluding carboxylic acids is 1. The fourth-order valence-electron chi connectivity index (χ4n) is 3.29. The van der Waals surface area contributed by atoms with Crippen molar-refractivity contribution in [2.24, 2.45) is 12.0 Å². The molecule has 1 aromatic carbocycles. The third-order valence-electron chi connectivity index (χ3n) is 4.87. The standard InChI is InChI=1S/C22H24Cl2N4O/c1-27-21-9-8-19(28(12-10-23)13-11-24)15-20(21)26-22(27)16-25-18-6-4-17(5-7-18)3-2-14-29/h2-4,6,8-9,14-16H,5,7,10-13H2,1H3. The zero-order chi connectivity index (χ0) is 20.6. The third kappa shape index (κ3) is 5.37. The first kappa shape index (κ1) is 21.3. The average molecular weight is 431 g/mol. The van der Waals surface area contributed by atoms with Gasteiger partial charge < -0.3 is 9.47 Å². The van der Waals surface area contributed by atoms with E-state index in [9.17, 15) is 4.79 Å². The van der Waals surface area contributed by atoms with E-state index in [1.54, 1.807) is 6.21 Å². The van der Waals surface area contributed by atoms with Gasteiger partial charge in [0, 0.05) is 43.3 Å². The number of nitrogens with zero attached hydrogens (tertiary/aromatic N) is 4. The number of aliphatic imine (C=N–C) groups is 1. The number of anilines is 1. The number of aryl methyl sites for hydroxylation is 1. The van der Waals surface area contributed by atoms with Crippen molar-refractivity contribution in [2.45, 2.75) is 12.8 Å². The predicted molar refractivity (Wildman–Crippen MR) is 123 cm³/mol. The molecule has 1 heterocycles. The van der Waals surface area contributed by atoms with E-state index < -0.39 is 0 Å². The molecule has 3 rings (SSSR count). The van der Waals surface area contributed by atoms with Crippen LogP contribution in [0.4, 0.5) is 5.69 Å². The molecule has 29 heavy (non-hydrogen) atoms. The van der Waals surface area contributed by atoms with Gasteiger partial charge >= 0.3 is 0 Å². The highest BCUT2D eigenvalue weighted by Crippen LogP contribution is 2.23. The number of aldehydes is 1. The molecular weight excluding hydrogens is 407 g/mol. The smallest absolute Gasteiger partial charge is 0.152 e. The first-order valence-corrected chi connectivity index (χ1v) is 10.6. The summed E-state index contributed by atoms with van der Waals surface area (Å²) >= 11 is 11.9. The van der Waals surface area contributed by atoms with Crippen LogP contribution in [-0.4, -0.2) is 46.9 Å². The summed E-state index contributed by atoms with van der Waals surface area (Å²) in [5, 5.41) is 0. The van der Waals surface area contributed by atoms with E-state index in [4.69, 9.17) is 28.2 Å². The molecule has 0 spiro atoms. The lowest BCUT2D eigenvalue weighted by atomic mass is 10.0. The Labute approximate surface area is 181 Å². The SMILES string of the molecule is Cn1c(C=NC2=CC=C(C=CC=O)CC2)nc2cc(N(CCCl)CCCl)ccc21. The summed E-state index contributed by atoms with van der Waals surface area (Å²) < 4.78 is 2.04. The molecule has 0 N–H and O–H groups in total. The highest BCUT2D eigenvalue weighted by atomic mass is 35.5. The maximum atomic E-state index is 10.4. The van der Waals surface area contributed by atoms with Gasteiger partial charge in [-0.25, -0.2) is 4.98 Å². The zero-order valence-electron chi connectivity index (χ0n) is 16.4. The van der Waals surface area contributed by atoms with Crippen molar-refractivity contribution in [3.8, 4) is 0 Å². The number of hydrogen-bond acceptors (Lipinski definition) is 4. The summed E-state index contributed by atoms with van der Waals surface area (Å²) in [5.41, 5.74) is 5.16. The number of fused-ring (bicyclic) bond motifs is 1. The van der Waals surface area contributed by atoms with Crippen LogP contribution < -0.4 is 4.90 Å². The van der Waals surface area contributed by atoms with Gasteiger partial charge in [0.2, 0.25) is 0 Å². The summed E-state index contributed by atoms with van der Waals surface area (Å²) in [6.45, 7) is 1.49. The first-order chi connectivity index (χ1) is 14.2. The highest BCUT2D eigenvalue weighted by molar-refractivity contribution is 6.18. The molecule has 1 aliphatic rings. The number of aromatic nitrogens is 2. The molecule has 2 aromatic rings. The van der Waals surface area contributed by atoms with Crippen molar-refractivity contribution in [1.82, 2.24) is 9.55 Å². The van der Waals surface area contributed by atoms with Crippen molar-refractivity contribution in [2.75, 3.05) is 29.7 Å². The van der Waals surface area contributed by atoms with Crippen molar-refractivity contribution >= 4 is 52.4 Å². The van der Waals surface area contributed by atoms with Crippen LogP contribution in [0.25, 0.3) is 11.0 Å². The molecule has 0 atom stereocenters. The normalized spacial score (nSPS) is 14.6. The second-order valence-electron chi connectivity index (χ2n) is 6.72. The van der Waals surface area contributed by atoms with E-state index in [1.807, 2.05) is 29.8 Å². The molecule has 0 saturated carbocycles. The lowest BCUT2D eigenvalue weighted by molar-refractivity contribution is -0.104. The van der Waals surface area contributed by atoms with Crippen LogP contribution in [0.5, 0.6) is 0 Å². The largest absolute Gasteiger partial charge is 0.369 e. The zero-order valence-corrected chi connectivity index (χ0v) is 17.9. The van der Waals surface area contributed by atoms with Crippen molar-refractivity contribution in [1.29, 1.82) is 0 Å². The molecule has 0 fully saturated rings. The average Bonchev–Trinajstić information content (AvgIpc) is 3.06. The van der Waals surface area contributed by atoms with Gasteiger partial charge in [-0.3, -0.25) is 9.79 Å². The maximum absolute atomic E-state index is 10.4. The number of benzene rings is 1. The number of allylic oxidation sites excluding steroid dienone is 6. The molecule has 1 aromatic heterocycles. The summed E-state index contributed by atoms with van der Waals surface area (Å²) in [6.07, 6.45) is 11.7. The summed E-state index contributed by atoms with van der Waals surface area (Å²) in [4.78, 5) is 21.9. The van der Waals surface area contributed by atoms with Gasteiger partial charge in [0.15, 0.2) is 5.82 Å². The molecule has 0 unspecified atom stereocenters. The Hall–Kier alpha value is -2.37. The summed E-state index contributed by atoms with van der Waals surface area (Å²) in [5.74, 6) is 1.89. The van der Waals surface area contributed by atoms with Gasteiger partial charge in [-0.05, 0) is 48.8 Å². The molecule has 5 nitrogen and oxygen atoms in total. The molecule has 0 saturated heterocycles. The topological polar surface area (TPSA) is 50.5 Å². The Morgan fingerprint density at radius 2 is 2.00 bits per heavy atom. The minimum atomic E-state index is 0.547. The van der Waals surface area contributed by atoms with Crippen LogP contribution in [-0.2, 0) is 11.8 Å². The Kier molecular flexibility index (Phi) is 7.67. The number of carbonyl (C=O) groups is 1. The quantitative estimate of drug-likeness (QED) is 0.252. The minimum Gasteiger partial charge on any atom is -0.369 e. The molecule has 0 aliphatic heterocycles. The fourth-order valence-corrected chi connectivity index (χ4v) is 3.69. The predicted octanol–water partition coefficient (Wildman–Crippen LogP) is 4.64. The van der Waals surface area contributed by atoms with Gasteiger partial charge in [0.1, 0.15) is 6.29 Å². The molecule has 7 heteroatoms. The van der Waals surface area contributed by atoms with Crippen molar-refractivity contribution < 1.29 is 4.79 Å². The van der Waals surface area contributed by atoms with Gasteiger partial charge in [0.05, 0.1) is 17.2 Å². The van der Waals surface area contributed by atoms with Crippen molar-refractivity contribution in [3.05, 3.63) is 59.6 Å².